The fraction of sp³-hybridized carbons (Fsp3) is 0.194. The van der Waals surface area contributed by atoms with Crippen LogP contribution in [0.3, 0.4) is 0 Å². The molecular weight excluding hydrogens is 548 g/mol. The van der Waals surface area contributed by atoms with Crippen molar-refractivity contribution in [1.29, 1.82) is 0 Å². The highest BCUT2D eigenvalue weighted by atomic mass is 79.9. The summed E-state index contributed by atoms with van der Waals surface area (Å²) >= 11 is 6.99. The molecule has 0 aliphatic heterocycles. The molecule has 0 aliphatic carbocycles. The Morgan fingerprint density at radius 1 is 0.529 bits per heavy atom. The molecule has 1 nitrogen and oxygen atoms in total. The molecule has 0 aliphatic rings. The molecule has 0 aromatic heterocycles. The summed E-state index contributed by atoms with van der Waals surface area (Å²) < 4.78 is 2.14. The third-order valence-corrected chi connectivity index (χ3v) is 7.54. The van der Waals surface area contributed by atoms with Gasteiger partial charge in [-0.2, -0.15) is 0 Å². The van der Waals surface area contributed by atoms with Gasteiger partial charge in [0.2, 0.25) is 0 Å². The van der Waals surface area contributed by atoms with Crippen molar-refractivity contribution < 1.29 is 4.79 Å². The van der Waals surface area contributed by atoms with Gasteiger partial charge in [-0.15, -0.1) is 0 Å². The Morgan fingerprint density at radius 2 is 0.794 bits per heavy atom. The van der Waals surface area contributed by atoms with Gasteiger partial charge in [-0.1, -0.05) is 119 Å². The van der Waals surface area contributed by atoms with E-state index in [1.807, 2.05) is 0 Å². The Bertz CT molecular complexity index is 1130. The van der Waals surface area contributed by atoms with Gasteiger partial charge in [0.05, 0.1) is 0 Å². The zero-order chi connectivity index (χ0) is 24.1. The number of Topliss-reactive ketones (excluding diaryl/α,β-unsaturated/α-hetero) is 1. The highest BCUT2D eigenvalue weighted by Crippen LogP contribution is 2.33. The van der Waals surface area contributed by atoms with Crippen molar-refractivity contribution in [2.24, 2.45) is 0 Å². The molecule has 4 aromatic rings. The Kier molecular flexibility index (Phi) is 8.18. The predicted molar refractivity (Wildman–Crippen MR) is 150 cm³/mol. The second-order valence-corrected chi connectivity index (χ2v) is 10.4. The molecular formula is C31H28Br2O. The van der Waals surface area contributed by atoms with Gasteiger partial charge in [0.25, 0.3) is 0 Å². The molecule has 0 amide bonds. The number of carbonyl (C=O) groups is 1. The molecule has 3 heteroatoms. The largest absolute Gasteiger partial charge is 0.298 e. The van der Waals surface area contributed by atoms with E-state index >= 15 is 0 Å². The van der Waals surface area contributed by atoms with Crippen molar-refractivity contribution in [3.05, 3.63) is 117 Å². The van der Waals surface area contributed by atoms with E-state index in [1.165, 1.54) is 11.1 Å². The average molecular weight is 576 g/mol. The van der Waals surface area contributed by atoms with E-state index in [0.717, 1.165) is 44.0 Å². The minimum Gasteiger partial charge on any atom is -0.298 e. The van der Waals surface area contributed by atoms with Crippen molar-refractivity contribution in [1.82, 2.24) is 0 Å². The van der Waals surface area contributed by atoms with Crippen LogP contribution in [0.2, 0.25) is 0 Å². The number of benzene rings is 4. The topological polar surface area (TPSA) is 17.1 Å². The van der Waals surface area contributed by atoms with E-state index in [0.29, 0.717) is 5.78 Å². The highest BCUT2D eigenvalue weighted by Gasteiger charge is 2.27. The molecule has 34 heavy (non-hydrogen) atoms. The van der Waals surface area contributed by atoms with Crippen LogP contribution in [0, 0.1) is 0 Å². The van der Waals surface area contributed by atoms with Crippen LogP contribution in [0.1, 0.15) is 49.7 Å². The number of carbonyl (C=O) groups excluding carboxylic acids is 1. The van der Waals surface area contributed by atoms with Gasteiger partial charge in [-0.3, -0.25) is 4.79 Å². The third-order valence-electron chi connectivity index (χ3n) is 6.48. The van der Waals surface area contributed by atoms with Crippen LogP contribution in [0.15, 0.2) is 106 Å². The van der Waals surface area contributed by atoms with Crippen LogP contribution in [0.5, 0.6) is 0 Å². The molecule has 0 N–H and O–H groups in total. The summed E-state index contributed by atoms with van der Waals surface area (Å²) in [4.78, 5) is 13.7. The lowest BCUT2D eigenvalue weighted by Crippen LogP contribution is -2.20. The van der Waals surface area contributed by atoms with Crippen molar-refractivity contribution in [3.8, 4) is 22.3 Å². The first-order chi connectivity index (χ1) is 16.5. The summed E-state index contributed by atoms with van der Waals surface area (Å²) in [6.45, 7) is 4.21. The number of ketones is 1. The number of hydrogen-bond donors (Lipinski definition) is 0. The Hall–Kier alpha value is -2.49. The quantitative estimate of drug-likeness (QED) is 0.204. The first-order valence-electron chi connectivity index (χ1n) is 11.8. The molecule has 0 saturated carbocycles. The van der Waals surface area contributed by atoms with Gasteiger partial charge in [-0.05, 0) is 70.5 Å². The zero-order valence-electron chi connectivity index (χ0n) is 19.5. The molecule has 0 radical (unpaired) electrons. The molecule has 0 fully saturated rings. The van der Waals surface area contributed by atoms with Gasteiger partial charge in [0.15, 0.2) is 0 Å². The number of halogens is 2. The molecule has 0 bridgehead atoms. The van der Waals surface area contributed by atoms with Crippen LogP contribution in [-0.2, 0) is 4.79 Å². The molecule has 172 valence electrons. The molecule has 0 spiro atoms. The van der Waals surface area contributed by atoms with Gasteiger partial charge in [0.1, 0.15) is 5.78 Å². The van der Waals surface area contributed by atoms with E-state index in [4.69, 9.17) is 0 Å². The zero-order valence-corrected chi connectivity index (χ0v) is 22.6. The van der Waals surface area contributed by atoms with E-state index in [-0.39, 0.29) is 11.8 Å². The first-order valence-corrected chi connectivity index (χ1v) is 13.3. The molecule has 2 unspecified atom stereocenters. The fourth-order valence-electron chi connectivity index (χ4n) is 4.55. The smallest absolute Gasteiger partial charge is 0.147 e. The van der Waals surface area contributed by atoms with E-state index in [2.05, 4.69) is 143 Å². The Morgan fingerprint density at radius 3 is 1.06 bits per heavy atom. The second-order valence-electron chi connectivity index (χ2n) is 8.58. The molecule has 2 atom stereocenters. The maximum Gasteiger partial charge on any atom is 0.147 e. The van der Waals surface area contributed by atoms with Crippen LogP contribution in [-0.4, -0.2) is 5.78 Å². The summed E-state index contributed by atoms with van der Waals surface area (Å²) in [5.41, 5.74) is 6.86. The lowest BCUT2D eigenvalue weighted by Gasteiger charge is -2.22. The van der Waals surface area contributed by atoms with Crippen molar-refractivity contribution in [2.75, 3.05) is 0 Å². The first kappa shape index (κ1) is 24.6. The maximum absolute atomic E-state index is 13.7. The standard InChI is InChI=1S/C31H28Br2O/c1-3-29(25-9-5-21(6-10-25)23-13-17-27(32)18-14-23)31(34)30(4-2)26-11-7-22(8-12-26)24-15-19-28(33)20-16-24/h5-20,29-30H,3-4H2,1-2H3. The van der Waals surface area contributed by atoms with Gasteiger partial charge in [0, 0.05) is 20.8 Å². The summed E-state index contributed by atoms with van der Waals surface area (Å²) in [6, 6.07) is 33.6. The van der Waals surface area contributed by atoms with E-state index in [9.17, 15) is 4.79 Å². The highest BCUT2D eigenvalue weighted by molar-refractivity contribution is 9.10. The summed E-state index contributed by atoms with van der Waals surface area (Å²) in [6.07, 6.45) is 1.59. The molecule has 0 saturated heterocycles. The summed E-state index contributed by atoms with van der Waals surface area (Å²) in [5.74, 6) is 0.0999. The monoisotopic (exact) mass is 574 g/mol. The van der Waals surface area contributed by atoms with Crippen molar-refractivity contribution >= 4 is 37.6 Å². The lowest BCUT2D eigenvalue weighted by molar-refractivity contribution is -0.122. The van der Waals surface area contributed by atoms with Gasteiger partial charge < -0.3 is 0 Å². The summed E-state index contributed by atoms with van der Waals surface area (Å²) in [7, 11) is 0. The SMILES string of the molecule is CCC(C(=O)C(CC)c1ccc(-c2ccc(Br)cc2)cc1)c1ccc(-c2ccc(Br)cc2)cc1. The lowest BCUT2D eigenvalue weighted by atomic mass is 9.80. The van der Waals surface area contributed by atoms with Gasteiger partial charge in [-0.25, -0.2) is 0 Å². The second kappa shape index (κ2) is 11.3. The molecule has 0 heterocycles. The number of rotatable bonds is 8. The predicted octanol–water partition coefficient (Wildman–Crippen LogP) is 9.80. The van der Waals surface area contributed by atoms with Crippen LogP contribution in [0.25, 0.3) is 22.3 Å². The minimum absolute atomic E-state index is 0.102. The van der Waals surface area contributed by atoms with Crippen LogP contribution < -0.4 is 0 Å². The maximum atomic E-state index is 13.7. The van der Waals surface area contributed by atoms with Crippen molar-refractivity contribution in [3.63, 3.8) is 0 Å². The van der Waals surface area contributed by atoms with Crippen molar-refractivity contribution in [2.45, 2.75) is 38.5 Å². The number of hydrogen-bond acceptors (Lipinski definition) is 1. The van der Waals surface area contributed by atoms with E-state index in [1.54, 1.807) is 0 Å². The Labute approximate surface area is 219 Å². The molecule has 4 rings (SSSR count). The van der Waals surface area contributed by atoms with Crippen LogP contribution in [0.4, 0.5) is 0 Å². The van der Waals surface area contributed by atoms with E-state index < -0.39 is 0 Å². The fourth-order valence-corrected chi connectivity index (χ4v) is 5.07. The third kappa shape index (κ3) is 5.59. The normalized spacial score (nSPS) is 12.8. The Balaban J connectivity index is 1.54. The minimum atomic E-state index is -0.102. The molecule has 4 aromatic carbocycles. The van der Waals surface area contributed by atoms with Gasteiger partial charge >= 0.3 is 0 Å². The summed E-state index contributed by atoms with van der Waals surface area (Å²) in [5, 5.41) is 0. The van der Waals surface area contributed by atoms with Crippen LogP contribution >= 0.6 is 31.9 Å². The average Bonchev–Trinajstić information content (AvgIpc) is 2.87.